The van der Waals surface area contributed by atoms with Crippen LogP contribution in [0.5, 0.6) is 0 Å². The molecule has 1 heterocycles. The summed E-state index contributed by atoms with van der Waals surface area (Å²) < 4.78 is 0. The Morgan fingerprint density at radius 2 is 1.07 bits per heavy atom. The highest BCUT2D eigenvalue weighted by atomic mass is 32.2. The molecule has 0 unspecified atom stereocenters. The Morgan fingerprint density at radius 1 is 0.581 bits per heavy atom. The van der Waals surface area contributed by atoms with Gasteiger partial charge < -0.3 is 92.3 Å². The fourth-order valence-corrected chi connectivity index (χ4v) is 9.72. The normalized spacial score (nSPS) is 22.4. The van der Waals surface area contributed by atoms with Crippen LogP contribution in [0.15, 0.2) is 30.3 Å². The second kappa shape index (κ2) is 41.6. The van der Waals surface area contributed by atoms with E-state index in [-0.39, 0.29) is 109 Å². The van der Waals surface area contributed by atoms with Gasteiger partial charge >= 0.3 is 0 Å². The molecule has 1 saturated heterocycles. The third-order valence-electron chi connectivity index (χ3n) is 14.4. The number of hydrogen-bond donors (Lipinski definition) is 17. The largest absolute Gasteiger partial charge is 0.391 e. The number of aliphatic hydroxyl groups is 1. The monoisotopic (exact) mass is 1230 g/mol. The summed E-state index contributed by atoms with van der Waals surface area (Å²) in [5.74, 6) is -8.31. The number of carbonyl (C=O) groups excluding carboxylic acids is 11. The number of nitrogens with one attached hydrogen (secondary N) is 11. The molecule has 0 aliphatic carbocycles. The summed E-state index contributed by atoms with van der Waals surface area (Å²) in [4.78, 5) is 155. The van der Waals surface area contributed by atoms with Crippen LogP contribution in [0.4, 0.5) is 0 Å². The third kappa shape index (κ3) is 27.9. The van der Waals surface area contributed by atoms with Gasteiger partial charge in [0.2, 0.25) is 65.0 Å². The summed E-state index contributed by atoms with van der Waals surface area (Å²) in [5, 5.41) is 39.7. The summed E-state index contributed by atoms with van der Waals surface area (Å²) in [6, 6.07) is -5.31. The molecule has 1 aromatic rings. The first-order valence-electron chi connectivity index (χ1n) is 30.0. The number of aliphatic hydroxyl groups excluding tert-OH is 1. The molecular weight excluding hydrogens is 1130 g/mol. The van der Waals surface area contributed by atoms with Crippen molar-refractivity contribution in [2.45, 2.75) is 191 Å². The lowest BCUT2D eigenvalue weighted by Gasteiger charge is -2.29. The van der Waals surface area contributed by atoms with Crippen molar-refractivity contribution in [2.75, 3.05) is 51.3 Å². The topological polar surface area (TPSA) is 470 Å². The average molecular weight is 1230 g/mol. The van der Waals surface area contributed by atoms with Crippen molar-refractivity contribution in [3.8, 4) is 0 Å². The van der Waals surface area contributed by atoms with E-state index in [1.165, 1.54) is 18.7 Å². The minimum Gasteiger partial charge on any atom is -0.391 e. The van der Waals surface area contributed by atoms with Crippen molar-refractivity contribution in [1.29, 1.82) is 0 Å². The molecule has 1 aliphatic rings. The first-order valence-corrected chi connectivity index (χ1v) is 31.4. The second-order valence-corrected chi connectivity index (χ2v) is 23.1. The first kappa shape index (κ1) is 75.6. The van der Waals surface area contributed by atoms with E-state index in [9.17, 15) is 57.8 Å². The van der Waals surface area contributed by atoms with Gasteiger partial charge in [-0.15, -0.1) is 0 Å². The number of carbonyl (C=O) groups is 11. The molecule has 2 rings (SSSR count). The van der Waals surface area contributed by atoms with E-state index in [2.05, 4.69) is 72.3 Å². The van der Waals surface area contributed by atoms with Crippen molar-refractivity contribution >= 4 is 76.7 Å². The Labute approximate surface area is 509 Å². The Balaban J connectivity index is 2.69. The number of thioether (sulfide) groups is 1. The number of rotatable bonds is 31. The molecule has 12 atom stereocenters. The van der Waals surface area contributed by atoms with Gasteiger partial charge in [0.05, 0.1) is 6.10 Å². The zero-order valence-electron chi connectivity index (χ0n) is 51.0. The van der Waals surface area contributed by atoms with Crippen LogP contribution in [0, 0.1) is 11.8 Å². The number of unbranched alkanes of at least 4 members (excludes halogenated alkanes) is 1. The summed E-state index contributed by atoms with van der Waals surface area (Å²) in [5.41, 5.74) is 30.1. The Morgan fingerprint density at radius 3 is 1.57 bits per heavy atom. The van der Waals surface area contributed by atoms with Crippen LogP contribution in [-0.2, 0) is 59.2 Å². The third-order valence-corrected chi connectivity index (χ3v) is 15.1. The fraction of sp³-hybridized carbons (Fsp3) is 0.702. The van der Waals surface area contributed by atoms with Gasteiger partial charge in [-0.25, -0.2) is 0 Å². The standard InChI is InChI=1S/C57H100N16O12S/c1-7-34(4)13-11-12-16-46(75)64-37(17-24-58)54(82)73-47(35(5)74)57(85)70-41(21-28-62)51(79)68-42-22-29-63-48(76)43(23-30-86-6)69-50(78)38(18-25-59)65-49(77)39(19-26-60)67-55(83)44(31-33(2)3)71-56(84)45(32-36-14-9-8-10-15-36)72-52(80)40(20-27-61)66-53(42)81/h8-10,14-15,33-35,37-45,47,74H,7,11-13,16-32,58-62H2,1-6H3,(H,63,76)(H,64,75)(H,65,77)(H,66,81)(H,67,83)(H,68,79)(H,69,78)(H,70,85)(H,71,84)(H,72,80)(H,73,82)/t34-,35+,37-,38-,39-,40-,41-,42-,43-,44-,45+,47-/m0/s1. The zero-order chi connectivity index (χ0) is 64.3. The molecule has 1 aromatic carbocycles. The van der Waals surface area contributed by atoms with E-state index in [4.69, 9.17) is 28.7 Å². The van der Waals surface area contributed by atoms with Crippen molar-refractivity contribution in [2.24, 2.45) is 40.5 Å². The molecule has 29 heteroatoms. The van der Waals surface area contributed by atoms with Crippen molar-refractivity contribution in [3.05, 3.63) is 35.9 Å². The molecule has 0 aromatic heterocycles. The van der Waals surface area contributed by atoms with Crippen LogP contribution in [0.25, 0.3) is 0 Å². The van der Waals surface area contributed by atoms with E-state index >= 15 is 0 Å². The second-order valence-electron chi connectivity index (χ2n) is 22.2. The van der Waals surface area contributed by atoms with E-state index in [0.29, 0.717) is 23.7 Å². The minimum atomic E-state index is -1.68. The highest BCUT2D eigenvalue weighted by Crippen LogP contribution is 2.14. The van der Waals surface area contributed by atoms with E-state index in [1.54, 1.807) is 50.4 Å². The van der Waals surface area contributed by atoms with Gasteiger partial charge in [0.25, 0.3) is 0 Å². The molecule has 22 N–H and O–H groups in total. The predicted octanol–water partition coefficient (Wildman–Crippen LogP) is -3.87. The summed E-state index contributed by atoms with van der Waals surface area (Å²) >= 11 is 1.38. The SMILES string of the molecule is CC[C@H](C)CCCCC(=O)N[C@@H](CCN)C(=O)N[C@H](C(=O)N[C@@H](CCN)C(=O)N[C@H]1CCNC(=O)[C@H](CCSC)NC(=O)[C@H](CCN)NC(=O)[C@H](CCN)NC(=O)[C@H](CC(C)C)NC(=O)[C@@H](Cc2ccccc2)NC(=O)[C@H](CCN)NC1=O)[C@@H](C)O. The molecule has 0 saturated carbocycles. The molecule has 0 radical (unpaired) electrons. The van der Waals surface area contributed by atoms with Crippen LogP contribution in [0.1, 0.15) is 124 Å². The maximum absolute atomic E-state index is 14.6. The highest BCUT2D eigenvalue weighted by Gasteiger charge is 2.37. The summed E-state index contributed by atoms with van der Waals surface area (Å²) in [7, 11) is 0. The van der Waals surface area contributed by atoms with E-state index in [1.807, 2.05) is 0 Å². The molecular formula is C57H100N16O12S. The van der Waals surface area contributed by atoms with Crippen molar-refractivity contribution in [3.63, 3.8) is 0 Å². The Bertz CT molecular complexity index is 2320. The molecule has 1 aliphatic heterocycles. The Hall–Kier alpha value is -6.50. The fourth-order valence-electron chi connectivity index (χ4n) is 9.25. The Kier molecular flexibility index (Phi) is 36.5. The maximum Gasteiger partial charge on any atom is 0.245 e. The van der Waals surface area contributed by atoms with Gasteiger partial charge in [-0.05, 0) is 127 Å². The molecule has 0 spiro atoms. The van der Waals surface area contributed by atoms with Crippen molar-refractivity contribution in [1.82, 2.24) is 58.5 Å². The van der Waals surface area contributed by atoms with Crippen LogP contribution in [0.2, 0.25) is 0 Å². The smallest absolute Gasteiger partial charge is 0.245 e. The highest BCUT2D eigenvalue weighted by molar-refractivity contribution is 7.98. The minimum absolute atomic E-state index is 0.00460. The van der Waals surface area contributed by atoms with Gasteiger partial charge in [-0.3, -0.25) is 52.7 Å². The number of benzene rings is 1. The summed E-state index contributed by atoms with van der Waals surface area (Å²) in [6.45, 7) is 8.15. The lowest BCUT2D eigenvalue weighted by Crippen LogP contribution is -2.62. The molecule has 86 heavy (non-hydrogen) atoms. The molecule has 486 valence electrons. The number of hydrogen-bond acceptors (Lipinski definition) is 18. The molecule has 28 nitrogen and oxygen atoms in total. The average Bonchev–Trinajstić information content (AvgIpc) is 3.57. The van der Waals surface area contributed by atoms with Crippen molar-refractivity contribution < 1.29 is 57.8 Å². The van der Waals surface area contributed by atoms with Gasteiger partial charge in [0.15, 0.2) is 0 Å². The van der Waals surface area contributed by atoms with Gasteiger partial charge in [-0.1, -0.05) is 77.3 Å². The van der Waals surface area contributed by atoms with E-state index in [0.717, 1.165) is 19.3 Å². The van der Waals surface area contributed by atoms with Crippen LogP contribution in [-0.4, -0.2) is 188 Å². The maximum atomic E-state index is 14.6. The lowest BCUT2D eigenvalue weighted by molar-refractivity contribution is -0.137. The van der Waals surface area contributed by atoms with Gasteiger partial charge in [-0.2, -0.15) is 11.8 Å². The van der Waals surface area contributed by atoms with Crippen LogP contribution >= 0.6 is 11.8 Å². The van der Waals surface area contributed by atoms with Crippen LogP contribution in [0.3, 0.4) is 0 Å². The molecule has 11 amide bonds. The molecule has 1 fully saturated rings. The first-order chi connectivity index (χ1) is 41.0. The van der Waals surface area contributed by atoms with Gasteiger partial charge in [0.1, 0.15) is 60.4 Å². The molecule has 0 bridgehead atoms. The zero-order valence-corrected chi connectivity index (χ0v) is 51.8. The lowest BCUT2D eigenvalue weighted by atomic mass is 10.00. The quantitative estimate of drug-likeness (QED) is 0.0316. The number of nitrogens with two attached hydrogens (primary N) is 5. The van der Waals surface area contributed by atoms with E-state index < -0.39 is 132 Å². The summed E-state index contributed by atoms with van der Waals surface area (Å²) in [6.07, 6.45) is 2.78. The van der Waals surface area contributed by atoms with Crippen LogP contribution < -0.4 is 87.2 Å². The number of amides is 11. The van der Waals surface area contributed by atoms with Gasteiger partial charge in [0, 0.05) is 19.4 Å². The predicted molar refractivity (Wildman–Crippen MR) is 327 cm³/mol.